The van der Waals surface area contributed by atoms with Crippen molar-refractivity contribution in [3.8, 4) is 11.8 Å². The second-order valence-corrected chi connectivity index (χ2v) is 6.35. The van der Waals surface area contributed by atoms with Crippen LogP contribution in [0.4, 0.5) is 20.3 Å². The van der Waals surface area contributed by atoms with Crippen LogP contribution >= 0.6 is 0 Å². The molecule has 7 nitrogen and oxygen atoms in total. The van der Waals surface area contributed by atoms with Gasteiger partial charge >= 0.3 is 6.61 Å². The maximum absolute atomic E-state index is 12.2. The summed E-state index contributed by atoms with van der Waals surface area (Å²) in [6, 6.07) is 8.01. The van der Waals surface area contributed by atoms with Crippen molar-refractivity contribution in [2.24, 2.45) is 11.7 Å². The quantitative estimate of drug-likeness (QED) is 0.803. The van der Waals surface area contributed by atoms with Gasteiger partial charge in [0, 0.05) is 11.9 Å². The Kier molecular flexibility index (Phi) is 5.54. The van der Waals surface area contributed by atoms with E-state index in [9.17, 15) is 18.8 Å². The number of carbonyl (C=O) groups excluding carboxylic acids is 1. The van der Waals surface area contributed by atoms with Gasteiger partial charge in [-0.2, -0.15) is 19.1 Å². The first-order valence-corrected chi connectivity index (χ1v) is 8.58. The third-order valence-electron chi connectivity index (χ3n) is 4.57. The average Bonchev–Trinajstić information content (AvgIpc) is 3.07. The molecule has 1 saturated carbocycles. The summed E-state index contributed by atoms with van der Waals surface area (Å²) < 4.78 is 30.4. The monoisotopic (exact) mass is 375 g/mol. The topological polar surface area (TPSA) is 106 Å². The first-order chi connectivity index (χ1) is 13.0. The Morgan fingerprint density at radius 1 is 1.33 bits per heavy atom. The summed E-state index contributed by atoms with van der Waals surface area (Å²) in [4.78, 5) is 11.8. The molecule has 1 amide bonds. The zero-order valence-corrected chi connectivity index (χ0v) is 14.4. The molecule has 0 bridgehead atoms. The number of nitrogens with two attached hydrogens (primary N) is 1. The van der Waals surface area contributed by atoms with Crippen molar-refractivity contribution in [2.45, 2.75) is 38.3 Å². The predicted octanol–water partition coefficient (Wildman–Crippen LogP) is 3.58. The highest BCUT2D eigenvalue weighted by atomic mass is 19.3. The van der Waals surface area contributed by atoms with Gasteiger partial charge in [-0.05, 0) is 37.1 Å². The minimum absolute atomic E-state index is 0.0234. The van der Waals surface area contributed by atoms with Crippen LogP contribution in [-0.4, -0.2) is 22.3 Å². The van der Waals surface area contributed by atoms with E-state index in [0.29, 0.717) is 5.69 Å². The second-order valence-electron chi connectivity index (χ2n) is 6.35. The van der Waals surface area contributed by atoms with Crippen LogP contribution in [0.1, 0.15) is 42.1 Å². The van der Waals surface area contributed by atoms with Gasteiger partial charge in [-0.25, -0.2) is 0 Å². The number of alkyl halides is 2. The fourth-order valence-corrected chi connectivity index (χ4v) is 3.27. The number of primary amides is 1. The third kappa shape index (κ3) is 4.34. The Morgan fingerprint density at radius 3 is 2.67 bits per heavy atom. The zero-order chi connectivity index (χ0) is 19.4. The van der Waals surface area contributed by atoms with Gasteiger partial charge in [0.15, 0.2) is 5.82 Å². The second kappa shape index (κ2) is 8.03. The highest BCUT2D eigenvalue weighted by molar-refractivity contribution is 5.98. The van der Waals surface area contributed by atoms with Gasteiger partial charge in [0.25, 0.3) is 5.91 Å². The van der Waals surface area contributed by atoms with Crippen molar-refractivity contribution < 1.29 is 18.3 Å². The van der Waals surface area contributed by atoms with E-state index in [1.165, 1.54) is 24.3 Å². The molecule has 27 heavy (non-hydrogen) atoms. The van der Waals surface area contributed by atoms with Crippen LogP contribution in [0.15, 0.2) is 30.5 Å². The standard InChI is InChI=1S/C18H19F2N5O2/c19-18(20)27-13-7-5-12(6-8-13)23-17-14(16(22)26)10-25(24-17)15-4-2-1-3-11(15)9-21/h5-8,10-11,15,18H,1-4H2,(H2,22,26)(H,23,24). The lowest BCUT2D eigenvalue weighted by molar-refractivity contribution is -0.0498. The van der Waals surface area contributed by atoms with Gasteiger partial charge in [-0.1, -0.05) is 12.8 Å². The summed E-state index contributed by atoms with van der Waals surface area (Å²) in [5, 5.41) is 16.8. The third-order valence-corrected chi connectivity index (χ3v) is 4.57. The first kappa shape index (κ1) is 18.6. The van der Waals surface area contributed by atoms with Gasteiger partial charge < -0.3 is 15.8 Å². The lowest BCUT2D eigenvalue weighted by atomic mass is 9.85. The van der Waals surface area contributed by atoms with Crippen LogP contribution in [0.3, 0.4) is 0 Å². The van der Waals surface area contributed by atoms with Crippen molar-refractivity contribution in [3.63, 3.8) is 0 Å². The molecule has 3 N–H and O–H groups in total. The van der Waals surface area contributed by atoms with E-state index in [1.54, 1.807) is 10.9 Å². The number of carbonyl (C=O) groups is 1. The molecule has 1 aliphatic rings. The predicted molar refractivity (Wildman–Crippen MR) is 93.7 cm³/mol. The van der Waals surface area contributed by atoms with Crippen LogP contribution in [0.25, 0.3) is 0 Å². The van der Waals surface area contributed by atoms with Crippen LogP contribution in [-0.2, 0) is 0 Å². The lowest BCUT2D eigenvalue weighted by Gasteiger charge is -2.26. The van der Waals surface area contributed by atoms with E-state index >= 15 is 0 Å². The number of rotatable bonds is 6. The first-order valence-electron chi connectivity index (χ1n) is 8.58. The number of nitrogens with one attached hydrogen (secondary N) is 1. The number of hydrogen-bond acceptors (Lipinski definition) is 5. The number of anilines is 2. The van der Waals surface area contributed by atoms with Gasteiger partial charge in [0.05, 0.1) is 18.0 Å². The summed E-state index contributed by atoms with van der Waals surface area (Å²) >= 11 is 0. The molecule has 2 atom stereocenters. The Labute approximate surface area is 154 Å². The van der Waals surface area contributed by atoms with Crippen LogP contribution < -0.4 is 15.8 Å². The summed E-state index contributed by atoms with van der Waals surface area (Å²) in [5.74, 6) is -0.536. The van der Waals surface area contributed by atoms with Gasteiger partial charge in [-0.15, -0.1) is 0 Å². The van der Waals surface area contributed by atoms with E-state index in [4.69, 9.17) is 5.73 Å². The van der Waals surface area contributed by atoms with Crippen molar-refractivity contribution >= 4 is 17.4 Å². The molecule has 9 heteroatoms. The number of nitrogens with zero attached hydrogens (tertiary/aromatic N) is 3. The van der Waals surface area contributed by atoms with E-state index in [0.717, 1.165) is 25.7 Å². The Hall–Kier alpha value is -3.15. The van der Waals surface area contributed by atoms with Crippen LogP contribution in [0.5, 0.6) is 5.75 Å². The zero-order valence-electron chi connectivity index (χ0n) is 14.4. The fourth-order valence-electron chi connectivity index (χ4n) is 3.27. The van der Waals surface area contributed by atoms with Gasteiger partial charge in [0.2, 0.25) is 0 Å². The van der Waals surface area contributed by atoms with E-state index < -0.39 is 12.5 Å². The summed E-state index contributed by atoms with van der Waals surface area (Å²) in [6.07, 6.45) is 5.14. The molecular weight excluding hydrogens is 356 g/mol. The highest BCUT2D eigenvalue weighted by Crippen LogP contribution is 2.34. The molecule has 0 radical (unpaired) electrons. The van der Waals surface area contributed by atoms with E-state index in [2.05, 4.69) is 21.2 Å². The molecule has 0 spiro atoms. The molecule has 0 aliphatic heterocycles. The minimum atomic E-state index is -2.90. The minimum Gasteiger partial charge on any atom is -0.435 e. The lowest BCUT2D eigenvalue weighted by Crippen LogP contribution is -2.22. The van der Waals surface area contributed by atoms with Crippen LogP contribution in [0.2, 0.25) is 0 Å². The highest BCUT2D eigenvalue weighted by Gasteiger charge is 2.28. The van der Waals surface area contributed by atoms with Crippen LogP contribution in [0, 0.1) is 17.2 Å². The molecule has 1 aliphatic carbocycles. The van der Waals surface area contributed by atoms with Crippen molar-refractivity contribution in [3.05, 3.63) is 36.0 Å². The summed E-state index contributed by atoms with van der Waals surface area (Å²) in [6.45, 7) is -2.90. The number of amides is 1. The van der Waals surface area contributed by atoms with Crippen molar-refractivity contribution in [1.29, 1.82) is 5.26 Å². The number of halogens is 2. The van der Waals surface area contributed by atoms with Crippen molar-refractivity contribution in [2.75, 3.05) is 5.32 Å². The maximum Gasteiger partial charge on any atom is 0.387 e. The SMILES string of the molecule is N#CC1CCCCC1n1cc(C(N)=O)c(Nc2ccc(OC(F)F)cc2)n1. The molecule has 142 valence electrons. The Bertz CT molecular complexity index is 844. The molecule has 1 heterocycles. The largest absolute Gasteiger partial charge is 0.435 e. The van der Waals surface area contributed by atoms with E-state index in [-0.39, 0.29) is 29.1 Å². The molecule has 3 rings (SSSR count). The Morgan fingerprint density at radius 2 is 2.04 bits per heavy atom. The molecule has 2 aromatic rings. The Balaban J connectivity index is 1.83. The molecule has 1 fully saturated rings. The number of benzene rings is 1. The molecule has 1 aromatic heterocycles. The molecule has 0 saturated heterocycles. The average molecular weight is 375 g/mol. The maximum atomic E-state index is 12.2. The number of ether oxygens (including phenoxy) is 1. The van der Waals surface area contributed by atoms with Gasteiger partial charge in [0.1, 0.15) is 11.3 Å². The number of nitriles is 1. The molecule has 1 aromatic carbocycles. The summed E-state index contributed by atoms with van der Waals surface area (Å²) in [7, 11) is 0. The number of hydrogen-bond donors (Lipinski definition) is 2. The normalized spacial score (nSPS) is 19.5. The van der Waals surface area contributed by atoms with Crippen molar-refractivity contribution in [1.82, 2.24) is 9.78 Å². The van der Waals surface area contributed by atoms with E-state index in [1.807, 2.05) is 0 Å². The smallest absolute Gasteiger partial charge is 0.387 e. The summed E-state index contributed by atoms with van der Waals surface area (Å²) in [5.41, 5.74) is 6.19. The molecule has 2 unspecified atom stereocenters. The van der Waals surface area contributed by atoms with Gasteiger partial charge in [-0.3, -0.25) is 9.48 Å². The number of aromatic nitrogens is 2. The fraction of sp³-hybridized carbons (Fsp3) is 0.389. The molecular formula is C18H19F2N5O2.